The average molecular weight is 505 g/mol. The Bertz CT molecular complexity index is 634. The number of piperidine rings is 1. The van der Waals surface area contributed by atoms with Crippen molar-refractivity contribution in [2.24, 2.45) is 10.9 Å². The van der Waals surface area contributed by atoms with E-state index in [0.29, 0.717) is 13.2 Å². The molecule has 0 bridgehead atoms. The number of guanidine groups is 1. The van der Waals surface area contributed by atoms with Crippen molar-refractivity contribution in [2.45, 2.75) is 32.8 Å². The number of hydrogen-bond acceptors (Lipinski definition) is 5. The number of aliphatic imine (C=N–C) groups is 1. The van der Waals surface area contributed by atoms with Gasteiger partial charge in [0.15, 0.2) is 17.5 Å². The highest BCUT2D eigenvalue weighted by atomic mass is 127. The first-order valence-corrected chi connectivity index (χ1v) is 9.50. The molecule has 1 atom stereocenters. The van der Waals surface area contributed by atoms with Crippen LogP contribution >= 0.6 is 24.0 Å². The summed E-state index contributed by atoms with van der Waals surface area (Å²) >= 11 is 0. The molecule has 8 heteroatoms. The van der Waals surface area contributed by atoms with E-state index in [9.17, 15) is 4.79 Å². The molecule has 2 rings (SSSR count). The fraction of sp³-hybridized carbons (Fsp3) is 0.600. The Kier molecular flexibility index (Phi) is 11.0. The second-order valence-corrected chi connectivity index (χ2v) is 6.52. The van der Waals surface area contributed by atoms with Crippen molar-refractivity contribution in [1.82, 2.24) is 10.2 Å². The Hall–Kier alpha value is -1.71. The number of carbonyl (C=O) groups is 1. The molecule has 1 aliphatic rings. The van der Waals surface area contributed by atoms with E-state index in [4.69, 9.17) is 14.2 Å². The van der Waals surface area contributed by atoms with Crippen molar-refractivity contribution in [3.8, 4) is 11.5 Å². The van der Waals surface area contributed by atoms with Gasteiger partial charge in [-0.1, -0.05) is 12.1 Å². The van der Waals surface area contributed by atoms with Gasteiger partial charge in [-0.05, 0) is 38.8 Å². The number of carbonyl (C=O) groups excluding carboxylic acids is 1. The SMILES string of the molecule is CCOC(=O)C1CCN(C(=NC)NCC(C)Oc2ccccc2OC)CC1.I. The van der Waals surface area contributed by atoms with E-state index < -0.39 is 0 Å². The van der Waals surface area contributed by atoms with E-state index in [0.717, 1.165) is 43.4 Å². The van der Waals surface area contributed by atoms with E-state index in [-0.39, 0.29) is 42.0 Å². The summed E-state index contributed by atoms with van der Waals surface area (Å²) in [6.45, 7) is 6.46. The number of rotatable bonds is 7. The third kappa shape index (κ3) is 7.03. The zero-order chi connectivity index (χ0) is 19.6. The van der Waals surface area contributed by atoms with E-state index in [2.05, 4.69) is 15.2 Å². The normalized spacial score (nSPS) is 16.0. The lowest BCUT2D eigenvalue weighted by atomic mass is 9.97. The molecule has 1 fully saturated rings. The predicted octanol–water partition coefficient (Wildman–Crippen LogP) is 2.93. The van der Waals surface area contributed by atoms with E-state index >= 15 is 0 Å². The molecule has 7 nitrogen and oxygen atoms in total. The number of likely N-dealkylation sites (tertiary alicyclic amines) is 1. The summed E-state index contributed by atoms with van der Waals surface area (Å²) in [5.74, 6) is 2.17. The number of para-hydroxylation sites is 2. The summed E-state index contributed by atoms with van der Waals surface area (Å²) in [6, 6.07) is 7.60. The molecule has 0 saturated carbocycles. The van der Waals surface area contributed by atoms with Crippen molar-refractivity contribution in [3.63, 3.8) is 0 Å². The van der Waals surface area contributed by atoms with E-state index in [1.807, 2.05) is 38.1 Å². The van der Waals surface area contributed by atoms with E-state index in [1.165, 1.54) is 0 Å². The number of esters is 1. The van der Waals surface area contributed by atoms with Crippen molar-refractivity contribution in [3.05, 3.63) is 24.3 Å². The van der Waals surface area contributed by atoms with Gasteiger partial charge in [0.1, 0.15) is 6.10 Å². The number of benzene rings is 1. The molecule has 1 N–H and O–H groups in total. The van der Waals surface area contributed by atoms with Gasteiger partial charge in [0.25, 0.3) is 0 Å². The Balaban J connectivity index is 0.00000392. The minimum atomic E-state index is -0.0843. The molecule has 1 saturated heterocycles. The zero-order valence-corrected chi connectivity index (χ0v) is 19.5. The van der Waals surface area contributed by atoms with Gasteiger partial charge in [-0.2, -0.15) is 0 Å². The molecule has 28 heavy (non-hydrogen) atoms. The Morgan fingerprint density at radius 1 is 1.29 bits per heavy atom. The van der Waals surface area contributed by atoms with Gasteiger partial charge < -0.3 is 24.4 Å². The Morgan fingerprint density at radius 3 is 2.50 bits per heavy atom. The van der Waals surface area contributed by atoms with Gasteiger partial charge in [-0.15, -0.1) is 24.0 Å². The van der Waals surface area contributed by atoms with Crippen LogP contribution in [0.2, 0.25) is 0 Å². The molecule has 0 aromatic heterocycles. The fourth-order valence-electron chi connectivity index (χ4n) is 3.13. The number of hydrogen-bond donors (Lipinski definition) is 1. The van der Waals surface area contributed by atoms with Crippen LogP contribution in [0, 0.1) is 5.92 Å². The lowest BCUT2D eigenvalue weighted by Crippen LogP contribution is -2.48. The molecule has 0 spiro atoms. The predicted molar refractivity (Wildman–Crippen MR) is 121 cm³/mol. The minimum Gasteiger partial charge on any atom is -0.493 e. The lowest BCUT2D eigenvalue weighted by molar-refractivity contribution is -0.149. The van der Waals surface area contributed by atoms with Crippen LogP contribution in [0.4, 0.5) is 0 Å². The number of nitrogens with one attached hydrogen (secondary N) is 1. The van der Waals surface area contributed by atoms with Gasteiger partial charge in [0.2, 0.25) is 0 Å². The molecule has 1 heterocycles. The maximum Gasteiger partial charge on any atom is 0.309 e. The molecule has 1 aromatic carbocycles. The van der Waals surface area contributed by atoms with Crippen LogP contribution < -0.4 is 14.8 Å². The standard InChI is InChI=1S/C20H31N3O4.HI/c1-5-26-19(24)16-10-12-23(13-11-16)20(21-3)22-14-15(2)27-18-9-7-6-8-17(18)25-4;/h6-9,15-16H,5,10-14H2,1-4H3,(H,21,22);1H. The summed E-state index contributed by atoms with van der Waals surface area (Å²) in [7, 11) is 3.40. The third-order valence-electron chi connectivity index (χ3n) is 4.57. The smallest absolute Gasteiger partial charge is 0.309 e. The molecule has 1 unspecified atom stereocenters. The molecule has 1 aromatic rings. The summed E-state index contributed by atoms with van der Waals surface area (Å²) in [4.78, 5) is 18.4. The van der Waals surface area contributed by atoms with Gasteiger partial charge in [-0.3, -0.25) is 9.79 Å². The Labute approximate surface area is 184 Å². The first-order valence-electron chi connectivity index (χ1n) is 9.50. The Morgan fingerprint density at radius 2 is 1.93 bits per heavy atom. The highest BCUT2D eigenvalue weighted by Gasteiger charge is 2.27. The van der Waals surface area contributed by atoms with Crippen LogP contribution in [0.15, 0.2) is 29.3 Å². The fourth-order valence-corrected chi connectivity index (χ4v) is 3.13. The number of ether oxygens (including phenoxy) is 3. The van der Waals surface area contributed by atoms with Gasteiger partial charge in [0, 0.05) is 20.1 Å². The van der Waals surface area contributed by atoms with Crippen LogP contribution in [-0.4, -0.2) is 63.3 Å². The summed E-state index contributed by atoms with van der Waals surface area (Å²) in [5, 5.41) is 3.36. The number of halogens is 1. The number of methoxy groups -OCH3 is 1. The average Bonchev–Trinajstić information content (AvgIpc) is 2.69. The van der Waals surface area contributed by atoms with Crippen molar-refractivity contribution < 1.29 is 19.0 Å². The molecular formula is C20H32IN3O4. The van der Waals surface area contributed by atoms with Crippen molar-refractivity contribution in [1.29, 1.82) is 0 Å². The molecule has 0 aliphatic carbocycles. The monoisotopic (exact) mass is 505 g/mol. The van der Waals surface area contributed by atoms with Gasteiger partial charge >= 0.3 is 5.97 Å². The van der Waals surface area contributed by atoms with Crippen molar-refractivity contribution in [2.75, 3.05) is 40.4 Å². The van der Waals surface area contributed by atoms with Crippen molar-refractivity contribution >= 4 is 35.9 Å². The molecule has 0 amide bonds. The van der Waals surface area contributed by atoms with Crippen LogP contribution in [-0.2, 0) is 9.53 Å². The molecule has 0 radical (unpaired) electrons. The first kappa shape index (κ1) is 24.3. The van der Waals surface area contributed by atoms with Crippen LogP contribution in [0.25, 0.3) is 0 Å². The minimum absolute atomic E-state index is 0. The summed E-state index contributed by atoms with van der Waals surface area (Å²) in [6.07, 6.45) is 1.51. The van der Waals surface area contributed by atoms with Crippen LogP contribution in [0.5, 0.6) is 11.5 Å². The zero-order valence-electron chi connectivity index (χ0n) is 17.1. The highest BCUT2D eigenvalue weighted by Crippen LogP contribution is 2.26. The summed E-state index contributed by atoms with van der Waals surface area (Å²) in [5.41, 5.74) is 0. The van der Waals surface area contributed by atoms with Gasteiger partial charge in [-0.25, -0.2) is 0 Å². The quantitative estimate of drug-likeness (QED) is 0.266. The maximum atomic E-state index is 11.9. The second kappa shape index (κ2) is 12.7. The second-order valence-electron chi connectivity index (χ2n) is 6.52. The third-order valence-corrected chi connectivity index (χ3v) is 4.57. The highest BCUT2D eigenvalue weighted by molar-refractivity contribution is 14.0. The van der Waals surface area contributed by atoms with Gasteiger partial charge in [0.05, 0.1) is 26.2 Å². The lowest BCUT2D eigenvalue weighted by Gasteiger charge is -2.33. The summed E-state index contributed by atoms with van der Waals surface area (Å²) < 4.78 is 16.4. The molecule has 158 valence electrons. The largest absolute Gasteiger partial charge is 0.493 e. The maximum absolute atomic E-state index is 11.9. The molecule has 1 aliphatic heterocycles. The first-order chi connectivity index (χ1) is 13.1. The number of nitrogens with zero attached hydrogens (tertiary/aromatic N) is 2. The van der Waals surface area contributed by atoms with E-state index in [1.54, 1.807) is 14.2 Å². The van der Waals surface area contributed by atoms with Crippen LogP contribution in [0.1, 0.15) is 26.7 Å². The van der Waals surface area contributed by atoms with Crippen LogP contribution in [0.3, 0.4) is 0 Å². The molecular weight excluding hydrogens is 473 g/mol. The topological polar surface area (TPSA) is 72.4 Å².